The number of likely N-dealkylation sites (tertiary alicyclic amines) is 1. The van der Waals surface area contributed by atoms with Crippen molar-refractivity contribution in [2.45, 2.75) is 18.9 Å². The van der Waals surface area contributed by atoms with Gasteiger partial charge in [-0.1, -0.05) is 0 Å². The molecule has 1 aromatic rings. The highest BCUT2D eigenvalue weighted by Gasteiger charge is 2.29. The quantitative estimate of drug-likeness (QED) is 0.831. The van der Waals surface area contributed by atoms with Crippen molar-refractivity contribution in [3.8, 4) is 0 Å². The van der Waals surface area contributed by atoms with Gasteiger partial charge >= 0.3 is 0 Å². The first-order valence-corrected chi connectivity index (χ1v) is 6.67. The summed E-state index contributed by atoms with van der Waals surface area (Å²) in [5.74, 6) is -0.356. The van der Waals surface area contributed by atoms with E-state index in [0.717, 1.165) is 19.4 Å². The molecule has 92 valence electrons. The number of hydrogen-bond donors (Lipinski definition) is 1. The Morgan fingerprint density at radius 3 is 3.00 bits per heavy atom. The molecule has 0 bridgehead atoms. The van der Waals surface area contributed by atoms with Crippen LogP contribution in [0.15, 0.2) is 18.2 Å². The largest absolute Gasteiger partial charge is 0.334 e. The number of nitrogens with zero attached hydrogens (tertiary/aromatic N) is 1. The minimum absolute atomic E-state index is 0.0395. The Labute approximate surface area is 113 Å². The van der Waals surface area contributed by atoms with E-state index in [-0.39, 0.29) is 17.8 Å². The smallest absolute Gasteiger partial charge is 0.255 e. The Morgan fingerprint density at radius 2 is 2.35 bits per heavy atom. The van der Waals surface area contributed by atoms with Gasteiger partial charge in [-0.25, -0.2) is 4.39 Å². The van der Waals surface area contributed by atoms with E-state index in [9.17, 15) is 9.18 Å². The van der Waals surface area contributed by atoms with E-state index in [1.54, 1.807) is 11.0 Å². The molecule has 1 fully saturated rings. The van der Waals surface area contributed by atoms with Gasteiger partial charge in [-0.15, -0.1) is 0 Å². The summed E-state index contributed by atoms with van der Waals surface area (Å²) in [6.45, 7) is 1.23. The fraction of sp³-hybridized carbons (Fsp3) is 0.417. The van der Waals surface area contributed by atoms with Crippen LogP contribution in [-0.2, 0) is 0 Å². The third-order valence-corrected chi connectivity index (χ3v) is 3.96. The maximum absolute atomic E-state index is 13.0. The number of nitrogens with two attached hydrogens (primary N) is 1. The standard InChI is InChI=1S/C12H14FIN2O/c13-8-3-4-10(11(14)6-8)12(17)16-5-1-2-9(16)7-15/h3-4,6,9H,1-2,5,7,15H2. The number of rotatable bonds is 2. The predicted molar refractivity (Wildman–Crippen MR) is 72.2 cm³/mol. The molecule has 1 heterocycles. The number of amides is 1. The van der Waals surface area contributed by atoms with E-state index in [1.807, 2.05) is 22.6 Å². The number of carbonyl (C=O) groups excluding carboxylic acids is 1. The Hall–Kier alpha value is -0.690. The molecule has 2 rings (SSSR count). The Morgan fingerprint density at radius 1 is 1.59 bits per heavy atom. The lowest BCUT2D eigenvalue weighted by molar-refractivity contribution is 0.0740. The van der Waals surface area contributed by atoms with Crippen molar-refractivity contribution in [3.05, 3.63) is 33.1 Å². The highest BCUT2D eigenvalue weighted by atomic mass is 127. The van der Waals surface area contributed by atoms with E-state index < -0.39 is 0 Å². The molecular weight excluding hydrogens is 334 g/mol. The van der Waals surface area contributed by atoms with Crippen molar-refractivity contribution in [1.29, 1.82) is 0 Å². The highest BCUT2D eigenvalue weighted by molar-refractivity contribution is 14.1. The van der Waals surface area contributed by atoms with Gasteiger partial charge in [-0.3, -0.25) is 4.79 Å². The average molecular weight is 348 g/mol. The van der Waals surface area contributed by atoms with Gasteiger partial charge in [0.05, 0.1) is 5.56 Å². The fourth-order valence-corrected chi connectivity index (χ4v) is 2.87. The predicted octanol–water partition coefficient (Wildman–Crippen LogP) is 1.99. The van der Waals surface area contributed by atoms with Gasteiger partial charge in [-0.2, -0.15) is 0 Å². The summed E-state index contributed by atoms with van der Waals surface area (Å²) < 4.78 is 13.6. The van der Waals surface area contributed by atoms with Gasteiger partial charge in [0, 0.05) is 22.7 Å². The van der Waals surface area contributed by atoms with Crippen molar-refractivity contribution < 1.29 is 9.18 Å². The fourth-order valence-electron chi connectivity index (χ4n) is 2.17. The van der Waals surface area contributed by atoms with E-state index in [0.29, 0.717) is 15.7 Å². The molecule has 3 nitrogen and oxygen atoms in total. The van der Waals surface area contributed by atoms with Crippen molar-refractivity contribution in [2.24, 2.45) is 5.73 Å². The summed E-state index contributed by atoms with van der Waals surface area (Å²) in [4.78, 5) is 14.1. The van der Waals surface area contributed by atoms with Crippen LogP contribution in [0.2, 0.25) is 0 Å². The Kier molecular flexibility index (Phi) is 3.98. The van der Waals surface area contributed by atoms with E-state index in [4.69, 9.17) is 5.73 Å². The maximum atomic E-state index is 13.0. The molecule has 1 aliphatic rings. The van der Waals surface area contributed by atoms with Gasteiger partial charge in [0.2, 0.25) is 0 Å². The number of carbonyl (C=O) groups is 1. The lowest BCUT2D eigenvalue weighted by Gasteiger charge is -2.24. The first-order valence-electron chi connectivity index (χ1n) is 5.59. The molecule has 2 N–H and O–H groups in total. The minimum atomic E-state index is -0.317. The summed E-state index contributed by atoms with van der Waals surface area (Å²) >= 11 is 1.99. The van der Waals surface area contributed by atoms with Crippen molar-refractivity contribution in [1.82, 2.24) is 4.90 Å². The summed E-state index contributed by atoms with van der Waals surface area (Å²) in [7, 11) is 0. The normalized spacial score (nSPS) is 19.7. The van der Waals surface area contributed by atoms with Crippen LogP contribution in [0.4, 0.5) is 4.39 Å². The molecule has 5 heteroatoms. The molecule has 1 aliphatic heterocycles. The Balaban J connectivity index is 2.24. The second-order valence-corrected chi connectivity index (χ2v) is 5.32. The molecule has 1 saturated heterocycles. The topological polar surface area (TPSA) is 46.3 Å². The summed E-state index contributed by atoms with van der Waals surface area (Å²) in [5, 5.41) is 0. The van der Waals surface area contributed by atoms with Gasteiger partial charge in [0.25, 0.3) is 5.91 Å². The molecule has 1 unspecified atom stereocenters. The SMILES string of the molecule is NCC1CCCN1C(=O)c1ccc(F)cc1I. The molecule has 1 aromatic carbocycles. The monoisotopic (exact) mass is 348 g/mol. The van der Waals surface area contributed by atoms with Gasteiger partial charge in [-0.05, 0) is 53.6 Å². The number of hydrogen-bond acceptors (Lipinski definition) is 2. The van der Waals surface area contributed by atoms with Gasteiger partial charge in [0.1, 0.15) is 5.82 Å². The summed E-state index contributed by atoms with van der Waals surface area (Å²) in [5.41, 5.74) is 6.21. The second-order valence-electron chi connectivity index (χ2n) is 4.15. The molecule has 0 radical (unpaired) electrons. The van der Waals surface area contributed by atoms with Crippen LogP contribution < -0.4 is 5.73 Å². The number of benzene rings is 1. The summed E-state index contributed by atoms with van der Waals surface area (Å²) in [6, 6.07) is 4.37. The number of halogens is 2. The minimum Gasteiger partial charge on any atom is -0.334 e. The van der Waals surface area contributed by atoms with Crippen LogP contribution in [0.5, 0.6) is 0 Å². The zero-order chi connectivity index (χ0) is 12.4. The average Bonchev–Trinajstić information content (AvgIpc) is 2.76. The first kappa shape index (κ1) is 12.8. The van der Waals surface area contributed by atoms with Crippen LogP contribution in [0, 0.1) is 9.39 Å². The molecule has 0 aliphatic carbocycles. The van der Waals surface area contributed by atoms with Crippen LogP contribution in [0.3, 0.4) is 0 Å². The summed E-state index contributed by atoms with van der Waals surface area (Å²) in [6.07, 6.45) is 1.95. The lowest BCUT2D eigenvalue weighted by atomic mass is 10.1. The third kappa shape index (κ3) is 2.60. The highest BCUT2D eigenvalue weighted by Crippen LogP contribution is 2.22. The van der Waals surface area contributed by atoms with E-state index in [1.165, 1.54) is 12.1 Å². The molecule has 17 heavy (non-hydrogen) atoms. The van der Waals surface area contributed by atoms with E-state index in [2.05, 4.69) is 0 Å². The van der Waals surface area contributed by atoms with Crippen molar-refractivity contribution >= 4 is 28.5 Å². The van der Waals surface area contributed by atoms with E-state index >= 15 is 0 Å². The van der Waals surface area contributed by atoms with Crippen molar-refractivity contribution in [3.63, 3.8) is 0 Å². The van der Waals surface area contributed by atoms with Crippen LogP contribution in [0.1, 0.15) is 23.2 Å². The molecular formula is C12H14FIN2O. The first-order chi connectivity index (χ1) is 8.13. The molecule has 1 amide bonds. The van der Waals surface area contributed by atoms with Crippen molar-refractivity contribution in [2.75, 3.05) is 13.1 Å². The van der Waals surface area contributed by atoms with Crippen LogP contribution in [-0.4, -0.2) is 29.9 Å². The van der Waals surface area contributed by atoms with Crippen LogP contribution >= 0.6 is 22.6 Å². The zero-order valence-corrected chi connectivity index (χ0v) is 11.5. The third-order valence-electron chi connectivity index (χ3n) is 3.07. The van der Waals surface area contributed by atoms with Gasteiger partial charge < -0.3 is 10.6 Å². The zero-order valence-electron chi connectivity index (χ0n) is 9.33. The molecule has 0 aromatic heterocycles. The second kappa shape index (κ2) is 5.30. The maximum Gasteiger partial charge on any atom is 0.255 e. The lowest BCUT2D eigenvalue weighted by Crippen LogP contribution is -2.40. The Bertz CT molecular complexity index is 439. The molecule has 0 spiro atoms. The van der Waals surface area contributed by atoms with Crippen LogP contribution in [0.25, 0.3) is 0 Å². The van der Waals surface area contributed by atoms with Gasteiger partial charge in [0.15, 0.2) is 0 Å². The molecule has 1 atom stereocenters. The molecule has 0 saturated carbocycles.